The molecule has 0 spiro atoms. The Morgan fingerprint density at radius 2 is 1.94 bits per heavy atom. The predicted octanol–water partition coefficient (Wildman–Crippen LogP) is 3.05. The molecule has 2 aromatic rings. The molecule has 180 valence electrons. The number of carboxylic acids is 1. The van der Waals surface area contributed by atoms with Crippen LogP contribution in [-0.4, -0.2) is 57.9 Å². The Morgan fingerprint density at radius 1 is 1.26 bits per heavy atom. The Balaban J connectivity index is 1.80. The fourth-order valence-corrected chi connectivity index (χ4v) is 3.93. The number of amides is 3. The Morgan fingerprint density at radius 3 is 2.54 bits per heavy atom. The number of rotatable bonds is 8. The molecule has 11 nitrogen and oxygen atoms in total. The van der Waals surface area contributed by atoms with E-state index >= 15 is 0 Å². The predicted molar refractivity (Wildman–Crippen MR) is 124 cm³/mol. The lowest BCUT2D eigenvalue weighted by Crippen LogP contribution is -2.49. The van der Waals surface area contributed by atoms with Gasteiger partial charge in [0.15, 0.2) is 0 Å². The zero-order valence-electron chi connectivity index (χ0n) is 19.1. The van der Waals surface area contributed by atoms with Crippen LogP contribution in [0.1, 0.15) is 40.9 Å². The number of carbonyl (C=O) groups is 3. The zero-order chi connectivity index (χ0) is 25.7. The number of aliphatic carboxylic acids is 1. The molecule has 2 N–H and O–H groups in total. The smallest absolute Gasteiger partial charge is 0.335 e. The maximum atomic E-state index is 12.8. The van der Waals surface area contributed by atoms with Crippen molar-refractivity contribution in [2.45, 2.75) is 19.4 Å². The zero-order valence-corrected chi connectivity index (χ0v) is 19.1. The third kappa shape index (κ3) is 5.44. The molecule has 11 heteroatoms. The van der Waals surface area contributed by atoms with E-state index in [1.54, 1.807) is 37.4 Å². The van der Waals surface area contributed by atoms with E-state index in [-0.39, 0.29) is 36.0 Å². The third-order valence-corrected chi connectivity index (χ3v) is 5.67. The normalized spacial score (nSPS) is 15.3. The lowest BCUT2D eigenvalue weighted by Gasteiger charge is -2.37. The van der Waals surface area contributed by atoms with Gasteiger partial charge in [-0.25, -0.2) is 9.59 Å². The van der Waals surface area contributed by atoms with E-state index < -0.39 is 23.0 Å². The number of allylic oxidation sites excluding steroid dienone is 1. The summed E-state index contributed by atoms with van der Waals surface area (Å²) in [6.45, 7) is 1.82. The van der Waals surface area contributed by atoms with Crippen molar-refractivity contribution < 1.29 is 24.4 Å². The van der Waals surface area contributed by atoms with Crippen molar-refractivity contribution in [2.24, 2.45) is 0 Å². The van der Waals surface area contributed by atoms with Gasteiger partial charge in [0.1, 0.15) is 0 Å². The van der Waals surface area contributed by atoms with Crippen LogP contribution in [0.2, 0.25) is 0 Å². The Labute approximate surface area is 201 Å². The van der Waals surface area contributed by atoms with E-state index in [2.05, 4.69) is 5.32 Å². The molecule has 0 aliphatic carbocycles. The lowest BCUT2D eigenvalue weighted by molar-refractivity contribution is -0.384. The summed E-state index contributed by atoms with van der Waals surface area (Å²) in [5.74, 6) is -1.52. The molecule has 1 unspecified atom stereocenters. The molecule has 1 aliphatic rings. The first-order valence-corrected chi connectivity index (χ1v) is 10.7. The second-order valence-corrected chi connectivity index (χ2v) is 7.99. The van der Waals surface area contributed by atoms with E-state index in [9.17, 15) is 29.6 Å². The van der Waals surface area contributed by atoms with Crippen molar-refractivity contribution in [3.05, 3.63) is 86.6 Å². The van der Waals surface area contributed by atoms with Gasteiger partial charge in [0, 0.05) is 43.5 Å². The van der Waals surface area contributed by atoms with Gasteiger partial charge in [-0.2, -0.15) is 5.26 Å². The van der Waals surface area contributed by atoms with Gasteiger partial charge in [0.25, 0.3) is 11.6 Å². The Kier molecular flexibility index (Phi) is 7.46. The molecule has 0 radical (unpaired) electrons. The van der Waals surface area contributed by atoms with Crippen molar-refractivity contribution >= 4 is 23.6 Å². The van der Waals surface area contributed by atoms with E-state index in [1.165, 1.54) is 34.9 Å². The van der Waals surface area contributed by atoms with Gasteiger partial charge in [-0.05, 0) is 43.2 Å². The van der Waals surface area contributed by atoms with Crippen molar-refractivity contribution in [1.29, 1.82) is 5.26 Å². The molecule has 3 amide bonds. The largest absolute Gasteiger partial charge is 0.478 e. The Bertz CT molecular complexity index is 1250. The molecule has 0 saturated heterocycles. The molecular formula is C24H23N5O6. The summed E-state index contributed by atoms with van der Waals surface area (Å²) in [4.78, 5) is 51.0. The number of nitro groups is 1. The maximum Gasteiger partial charge on any atom is 0.335 e. The van der Waals surface area contributed by atoms with Crippen LogP contribution in [0.4, 0.5) is 10.5 Å². The second-order valence-electron chi connectivity index (χ2n) is 7.99. The van der Waals surface area contributed by atoms with E-state index in [1.807, 2.05) is 6.07 Å². The highest BCUT2D eigenvalue weighted by molar-refractivity contribution is 5.94. The number of nitrogens with zero attached hydrogens (tertiary/aromatic N) is 4. The summed E-state index contributed by atoms with van der Waals surface area (Å²) in [6, 6.07) is 12.1. The highest BCUT2D eigenvalue weighted by Crippen LogP contribution is 2.35. The van der Waals surface area contributed by atoms with Crippen LogP contribution >= 0.6 is 0 Å². The number of nitro benzene ring substituents is 1. The van der Waals surface area contributed by atoms with Crippen LogP contribution in [0.5, 0.6) is 0 Å². The van der Waals surface area contributed by atoms with E-state index in [0.29, 0.717) is 23.1 Å². The molecule has 0 aromatic heterocycles. The van der Waals surface area contributed by atoms with E-state index in [4.69, 9.17) is 5.26 Å². The molecule has 1 heterocycles. The van der Waals surface area contributed by atoms with Crippen molar-refractivity contribution in [2.75, 3.05) is 20.1 Å². The fourth-order valence-electron chi connectivity index (χ4n) is 3.93. The number of urea groups is 1. The highest BCUT2D eigenvalue weighted by Gasteiger charge is 2.38. The lowest BCUT2D eigenvalue weighted by atomic mass is 9.93. The van der Waals surface area contributed by atoms with Gasteiger partial charge in [-0.1, -0.05) is 12.1 Å². The minimum absolute atomic E-state index is 0.0906. The fraction of sp³-hybridized carbons (Fsp3) is 0.250. The van der Waals surface area contributed by atoms with Crippen LogP contribution in [0.15, 0.2) is 59.8 Å². The molecule has 2 aromatic carbocycles. The molecule has 0 fully saturated rings. The average Bonchev–Trinajstić information content (AvgIpc) is 2.84. The van der Waals surface area contributed by atoms with Gasteiger partial charge >= 0.3 is 12.0 Å². The summed E-state index contributed by atoms with van der Waals surface area (Å²) < 4.78 is 0. The monoisotopic (exact) mass is 477 g/mol. The summed E-state index contributed by atoms with van der Waals surface area (Å²) >= 11 is 0. The number of non-ortho nitro benzene ring substituents is 1. The number of nitrogens with one attached hydrogen (secondary N) is 1. The first-order valence-electron chi connectivity index (χ1n) is 10.7. The molecule has 1 atom stereocenters. The first kappa shape index (κ1) is 24.9. The SMILES string of the molecule is CC1=C(C(=O)O)C(c2cccc([N+](=O)[O-])c2)N(CCCN(C)C(=O)c2ccc(C#N)cc2)C(=O)N1. The standard InChI is InChI=1S/C24H23N5O6/c1-15-20(23(31)32)21(18-5-3-6-19(13-18)29(34)35)28(24(33)26-15)12-4-11-27(2)22(30)17-9-7-16(14-25)8-10-17/h3,5-10,13,21H,4,11-12H2,1-2H3,(H,26,33)(H,31,32). The van der Waals surface area contributed by atoms with Crippen molar-refractivity contribution in [1.82, 2.24) is 15.1 Å². The summed E-state index contributed by atoms with van der Waals surface area (Å²) in [7, 11) is 1.60. The van der Waals surface area contributed by atoms with Crippen LogP contribution in [0.25, 0.3) is 0 Å². The van der Waals surface area contributed by atoms with Crippen LogP contribution < -0.4 is 5.32 Å². The number of nitriles is 1. The molecule has 1 aliphatic heterocycles. The van der Waals surface area contributed by atoms with Crippen molar-refractivity contribution in [3.8, 4) is 6.07 Å². The summed E-state index contributed by atoms with van der Waals surface area (Å²) in [5, 5.41) is 32.5. The third-order valence-electron chi connectivity index (χ3n) is 5.67. The molecular weight excluding hydrogens is 454 g/mol. The van der Waals surface area contributed by atoms with Gasteiger partial charge in [-0.15, -0.1) is 0 Å². The average molecular weight is 477 g/mol. The van der Waals surface area contributed by atoms with Gasteiger partial charge < -0.3 is 20.2 Å². The molecule has 3 rings (SSSR count). The topological polar surface area (TPSA) is 157 Å². The maximum absolute atomic E-state index is 12.8. The quantitative estimate of drug-likeness (QED) is 0.437. The van der Waals surface area contributed by atoms with Gasteiger partial charge in [0.2, 0.25) is 0 Å². The minimum atomic E-state index is -1.25. The van der Waals surface area contributed by atoms with Crippen molar-refractivity contribution in [3.63, 3.8) is 0 Å². The minimum Gasteiger partial charge on any atom is -0.478 e. The Hall–Kier alpha value is -4.72. The summed E-state index contributed by atoms with van der Waals surface area (Å²) in [6.07, 6.45) is 0.323. The molecule has 0 bridgehead atoms. The number of benzene rings is 2. The highest BCUT2D eigenvalue weighted by atomic mass is 16.6. The number of carboxylic acid groups (broad SMARTS) is 1. The van der Waals surface area contributed by atoms with Crippen LogP contribution in [0, 0.1) is 21.4 Å². The summed E-state index contributed by atoms with van der Waals surface area (Å²) in [5.41, 5.74) is 0.986. The number of hydrogen-bond donors (Lipinski definition) is 2. The molecule has 0 saturated carbocycles. The van der Waals surface area contributed by atoms with Gasteiger partial charge in [-0.3, -0.25) is 14.9 Å². The van der Waals surface area contributed by atoms with E-state index in [0.717, 1.165) is 0 Å². The van der Waals surface area contributed by atoms with Crippen LogP contribution in [-0.2, 0) is 4.79 Å². The second kappa shape index (κ2) is 10.5. The van der Waals surface area contributed by atoms with Crippen LogP contribution in [0.3, 0.4) is 0 Å². The first-order chi connectivity index (χ1) is 16.6. The number of carbonyl (C=O) groups excluding carboxylic acids is 2. The molecule has 35 heavy (non-hydrogen) atoms. The van der Waals surface area contributed by atoms with Gasteiger partial charge in [0.05, 0.1) is 28.2 Å². The number of hydrogen-bond acceptors (Lipinski definition) is 6.